The molecule has 0 aromatic carbocycles. The van der Waals surface area contributed by atoms with Crippen LogP contribution in [-0.2, 0) is 4.79 Å². The first kappa shape index (κ1) is 14.7. The Morgan fingerprint density at radius 2 is 1.72 bits per heavy atom. The van der Waals surface area contributed by atoms with Gasteiger partial charge in [-0.15, -0.1) is 0 Å². The molecule has 3 unspecified atom stereocenters. The van der Waals surface area contributed by atoms with Gasteiger partial charge in [0.15, 0.2) is 6.17 Å². The van der Waals surface area contributed by atoms with Gasteiger partial charge in [-0.05, 0) is 0 Å². The second-order valence-corrected chi connectivity index (χ2v) is 3.55. The van der Waals surface area contributed by atoms with Crippen LogP contribution >= 0.6 is 0 Å². The molecule has 0 spiro atoms. The highest BCUT2D eigenvalue weighted by atomic mass is 19.3. The molecule has 10 heteroatoms. The van der Waals surface area contributed by atoms with E-state index in [0.717, 1.165) is 0 Å². The smallest absolute Gasteiger partial charge is 0.352 e. The first-order valence-electron chi connectivity index (χ1n) is 4.22. The van der Waals surface area contributed by atoms with Crippen molar-refractivity contribution in [2.24, 2.45) is 0 Å². The summed E-state index contributed by atoms with van der Waals surface area (Å²) in [5, 5.41) is 8.15. The summed E-state index contributed by atoms with van der Waals surface area (Å²) in [7, 11) is 0. The maximum atomic E-state index is 13.3. The maximum Gasteiger partial charge on any atom is 0.352 e. The standard InChI is InChI=1S/C8H4F8O2/c9-2-1-6(13,5(17)18)8(15,16)7(14,3(2)10)4(11)12/h1,3-4H,(H,17,18). The van der Waals surface area contributed by atoms with Crippen molar-refractivity contribution in [2.75, 3.05) is 0 Å². The Labute approximate surface area is 93.9 Å². The number of alkyl halides is 7. The predicted octanol–water partition coefficient (Wildman–Crippen LogP) is 2.59. The highest BCUT2D eigenvalue weighted by Crippen LogP contribution is 2.55. The van der Waals surface area contributed by atoms with Crippen LogP contribution in [-0.4, -0.2) is 40.9 Å². The minimum Gasteiger partial charge on any atom is -0.478 e. The van der Waals surface area contributed by atoms with Crippen LogP contribution in [0, 0.1) is 0 Å². The highest BCUT2D eigenvalue weighted by Gasteiger charge is 2.81. The summed E-state index contributed by atoms with van der Waals surface area (Å²) in [6.07, 6.45) is -10.1. The monoisotopic (exact) mass is 284 g/mol. The Kier molecular flexibility index (Phi) is 3.12. The Balaban J connectivity index is 3.60. The second-order valence-electron chi connectivity index (χ2n) is 3.55. The van der Waals surface area contributed by atoms with Crippen LogP contribution in [0.25, 0.3) is 0 Å². The van der Waals surface area contributed by atoms with E-state index in [9.17, 15) is 39.9 Å². The fourth-order valence-electron chi connectivity index (χ4n) is 1.44. The van der Waals surface area contributed by atoms with Crippen molar-refractivity contribution in [3.8, 4) is 0 Å². The lowest BCUT2D eigenvalue weighted by molar-refractivity contribution is -0.271. The molecule has 0 heterocycles. The quantitative estimate of drug-likeness (QED) is 0.791. The summed E-state index contributed by atoms with van der Waals surface area (Å²) >= 11 is 0. The lowest BCUT2D eigenvalue weighted by Crippen LogP contribution is -2.70. The summed E-state index contributed by atoms with van der Waals surface area (Å²) in [5.74, 6) is -11.8. The molecule has 1 aliphatic rings. The fourth-order valence-corrected chi connectivity index (χ4v) is 1.44. The maximum absolute atomic E-state index is 13.3. The van der Waals surface area contributed by atoms with E-state index in [-0.39, 0.29) is 0 Å². The van der Waals surface area contributed by atoms with E-state index in [0.29, 0.717) is 0 Å². The van der Waals surface area contributed by atoms with E-state index in [1.165, 1.54) is 0 Å². The number of hydrogen-bond donors (Lipinski definition) is 1. The van der Waals surface area contributed by atoms with E-state index >= 15 is 0 Å². The number of carboxylic acids is 1. The number of aliphatic carboxylic acids is 1. The largest absolute Gasteiger partial charge is 0.478 e. The minimum absolute atomic E-state index is 1.06. The molecule has 1 rings (SSSR count). The zero-order valence-corrected chi connectivity index (χ0v) is 8.11. The van der Waals surface area contributed by atoms with Gasteiger partial charge in [-0.1, -0.05) is 0 Å². The highest BCUT2D eigenvalue weighted by molar-refractivity contribution is 5.82. The Morgan fingerprint density at radius 3 is 2.06 bits per heavy atom. The number of rotatable bonds is 2. The summed E-state index contributed by atoms with van der Waals surface area (Å²) in [6.45, 7) is 0. The zero-order chi connectivity index (χ0) is 14.5. The lowest BCUT2D eigenvalue weighted by Gasteiger charge is -2.42. The van der Waals surface area contributed by atoms with Gasteiger partial charge in [-0.25, -0.2) is 31.1 Å². The normalized spacial score (nSPS) is 39.6. The number of halogens is 8. The molecule has 2 nitrogen and oxygen atoms in total. The number of carbonyl (C=O) groups is 1. The van der Waals surface area contributed by atoms with E-state index in [1.807, 2.05) is 0 Å². The molecule has 104 valence electrons. The number of carboxylic acid groups (broad SMARTS) is 1. The second kappa shape index (κ2) is 3.82. The summed E-state index contributed by atoms with van der Waals surface area (Å²) in [6, 6.07) is 0. The van der Waals surface area contributed by atoms with Crippen molar-refractivity contribution in [3.63, 3.8) is 0 Å². The molecular formula is C8H4F8O2. The zero-order valence-electron chi connectivity index (χ0n) is 8.11. The Hall–Kier alpha value is -1.35. The van der Waals surface area contributed by atoms with Crippen LogP contribution in [0.15, 0.2) is 11.9 Å². The summed E-state index contributed by atoms with van der Waals surface area (Å²) in [4.78, 5) is 10.3. The van der Waals surface area contributed by atoms with Crippen LogP contribution in [0.5, 0.6) is 0 Å². The third-order valence-electron chi connectivity index (χ3n) is 2.51. The average Bonchev–Trinajstić information content (AvgIpc) is 2.23. The lowest BCUT2D eigenvalue weighted by atomic mass is 9.76. The molecule has 0 bridgehead atoms. The number of hydrogen-bond acceptors (Lipinski definition) is 1. The van der Waals surface area contributed by atoms with Crippen molar-refractivity contribution in [2.45, 2.75) is 29.9 Å². The minimum atomic E-state index is -5.99. The van der Waals surface area contributed by atoms with Gasteiger partial charge in [-0.3, -0.25) is 0 Å². The molecule has 0 aromatic rings. The molecule has 3 atom stereocenters. The van der Waals surface area contributed by atoms with Gasteiger partial charge in [0.2, 0.25) is 0 Å². The van der Waals surface area contributed by atoms with E-state index in [2.05, 4.69) is 0 Å². The molecule has 0 amide bonds. The molecular weight excluding hydrogens is 280 g/mol. The Bertz CT molecular complexity index is 408. The third-order valence-corrected chi connectivity index (χ3v) is 2.51. The fraction of sp³-hybridized carbons (Fsp3) is 0.625. The van der Waals surface area contributed by atoms with Crippen LogP contribution in [0.2, 0.25) is 0 Å². The molecule has 18 heavy (non-hydrogen) atoms. The van der Waals surface area contributed by atoms with Gasteiger partial charge < -0.3 is 5.11 Å². The molecule has 0 saturated carbocycles. The first-order chi connectivity index (χ1) is 7.93. The molecule has 0 aromatic heterocycles. The molecule has 0 aliphatic heterocycles. The van der Waals surface area contributed by atoms with Crippen molar-refractivity contribution in [3.05, 3.63) is 11.9 Å². The van der Waals surface area contributed by atoms with Crippen molar-refractivity contribution >= 4 is 5.97 Å². The van der Waals surface area contributed by atoms with Crippen LogP contribution in [0.4, 0.5) is 35.1 Å². The average molecular weight is 284 g/mol. The molecule has 0 fully saturated rings. The van der Waals surface area contributed by atoms with Crippen LogP contribution in [0.1, 0.15) is 0 Å². The van der Waals surface area contributed by atoms with Gasteiger partial charge in [-0.2, -0.15) is 8.78 Å². The van der Waals surface area contributed by atoms with E-state index in [4.69, 9.17) is 5.11 Å². The Morgan fingerprint density at radius 1 is 1.28 bits per heavy atom. The summed E-state index contributed by atoms with van der Waals surface area (Å²) in [5.41, 5.74) is -10.7. The SMILES string of the molecule is O=C(O)C1(F)C=C(F)C(F)C(F)(C(F)F)C1(F)F. The molecule has 1 aliphatic carbocycles. The van der Waals surface area contributed by atoms with E-state index < -0.39 is 47.7 Å². The third kappa shape index (κ3) is 1.43. The first-order valence-corrected chi connectivity index (χ1v) is 4.22. The van der Waals surface area contributed by atoms with Gasteiger partial charge in [0.05, 0.1) is 0 Å². The van der Waals surface area contributed by atoms with Gasteiger partial charge in [0.25, 0.3) is 17.8 Å². The predicted molar refractivity (Wildman–Crippen MR) is 40.4 cm³/mol. The van der Waals surface area contributed by atoms with Crippen molar-refractivity contribution in [1.29, 1.82) is 0 Å². The van der Waals surface area contributed by atoms with Crippen LogP contribution < -0.4 is 0 Å². The summed E-state index contributed by atoms with van der Waals surface area (Å²) < 4.78 is 103. The molecule has 0 saturated heterocycles. The number of allylic oxidation sites excluding steroid dienone is 1. The molecule has 1 N–H and O–H groups in total. The van der Waals surface area contributed by atoms with Crippen molar-refractivity contribution < 1.29 is 45.0 Å². The topological polar surface area (TPSA) is 37.3 Å². The van der Waals surface area contributed by atoms with E-state index in [1.54, 1.807) is 0 Å². The van der Waals surface area contributed by atoms with Crippen LogP contribution in [0.3, 0.4) is 0 Å². The van der Waals surface area contributed by atoms with Gasteiger partial charge in [0.1, 0.15) is 5.83 Å². The molecule has 0 radical (unpaired) electrons. The van der Waals surface area contributed by atoms with Crippen molar-refractivity contribution in [1.82, 2.24) is 0 Å². The van der Waals surface area contributed by atoms with Gasteiger partial charge >= 0.3 is 11.9 Å². The van der Waals surface area contributed by atoms with Gasteiger partial charge in [0, 0.05) is 6.08 Å².